The van der Waals surface area contributed by atoms with Gasteiger partial charge in [-0.1, -0.05) is 105 Å². The maximum absolute atomic E-state index is 15.0. The smallest absolute Gasteiger partial charge is 0.414 e. The van der Waals surface area contributed by atoms with Crippen LogP contribution in [0.4, 0.5) is 37.1 Å². The van der Waals surface area contributed by atoms with Crippen molar-refractivity contribution in [2.75, 3.05) is 154 Å². The third kappa shape index (κ3) is 28.0. The molecule has 2 saturated heterocycles. The summed E-state index contributed by atoms with van der Waals surface area (Å²) >= 11 is 0. The van der Waals surface area contributed by atoms with Crippen LogP contribution in [0.1, 0.15) is 141 Å². The largest absolute Gasteiger partial charge is 0.493 e. The normalized spacial score (nSPS) is 18.4. The lowest BCUT2D eigenvalue weighted by molar-refractivity contribution is -0.302. The summed E-state index contributed by atoms with van der Waals surface area (Å²) in [5.41, 5.74) is 6.82. The highest BCUT2D eigenvalue weighted by atomic mass is 16.7. The number of fused-ring (bicyclic) bond motifs is 6. The Labute approximate surface area is 803 Å². The Balaban J connectivity index is 0.708. The van der Waals surface area contributed by atoms with Crippen molar-refractivity contribution in [1.82, 2.24) is 25.8 Å². The van der Waals surface area contributed by atoms with Gasteiger partial charge >= 0.3 is 42.2 Å². The number of hydrogen-bond acceptors (Lipinski definition) is 31. The van der Waals surface area contributed by atoms with E-state index in [0.29, 0.717) is 50.9 Å². The van der Waals surface area contributed by atoms with Gasteiger partial charge in [0, 0.05) is 82.3 Å². The van der Waals surface area contributed by atoms with E-state index in [9.17, 15) is 67.4 Å². The topological polar surface area (TPSA) is 481 Å². The van der Waals surface area contributed by atoms with E-state index in [4.69, 9.17) is 80.5 Å². The molecule has 4 aliphatic heterocycles. The summed E-state index contributed by atoms with van der Waals surface area (Å²) in [7, 11) is 3.82. The van der Waals surface area contributed by atoms with Crippen LogP contribution in [0.15, 0.2) is 128 Å². The van der Waals surface area contributed by atoms with Crippen LogP contribution >= 0.6 is 0 Å². The Morgan fingerprint density at radius 3 is 1.86 bits per heavy atom. The number of benzene rings is 6. The number of amides is 9. The van der Waals surface area contributed by atoms with Crippen LogP contribution in [0.2, 0.25) is 0 Å². The van der Waals surface area contributed by atoms with E-state index in [1.54, 1.807) is 35.8 Å². The number of esters is 4. The monoisotopic (exact) mass is 1930 g/mol. The van der Waals surface area contributed by atoms with Gasteiger partial charge in [-0.15, -0.1) is 0 Å². The first kappa shape index (κ1) is 104. The summed E-state index contributed by atoms with van der Waals surface area (Å²) in [6.07, 6.45) is -6.20. The Bertz CT molecular complexity index is 5350. The molecule has 12 rings (SSSR count). The molecule has 0 bridgehead atoms. The van der Waals surface area contributed by atoms with Crippen molar-refractivity contribution < 1.29 is 148 Å². The number of carbonyl (C=O) groups is 13. The molecular weight excluding hydrogens is 1810 g/mol. The predicted molar refractivity (Wildman–Crippen MR) is 498 cm³/mol. The lowest BCUT2D eigenvalue weighted by Crippen LogP contribution is -2.64. The van der Waals surface area contributed by atoms with Crippen molar-refractivity contribution >= 4 is 100 Å². The van der Waals surface area contributed by atoms with E-state index in [1.165, 1.54) is 62.5 Å². The second-order valence-electron chi connectivity index (χ2n) is 34.4. The van der Waals surface area contributed by atoms with Crippen LogP contribution in [0.25, 0.3) is 11.1 Å². The summed E-state index contributed by atoms with van der Waals surface area (Å²) in [6, 6.07) is 30.1. The zero-order valence-corrected chi connectivity index (χ0v) is 79.2. The number of anilines is 4. The van der Waals surface area contributed by atoms with Crippen molar-refractivity contribution in [3.8, 4) is 34.1 Å². The molecule has 9 atom stereocenters. The lowest BCUT2D eigenvalue weighted by Gasteiger charge is -2.43. The van der Waals surface area contributed by atoms with Crippen LogP contribution in [-0.2, 0) is 120 Å². The first-order chi connectivity index (χ1) is 67.0. The Morgan fingerprint density at radius 2 is 1.23 bits per heavy atom. The van der Waals surface area contributed by atoms with Gasteiger partial charge in [-0.05, 0) is 114 Å². The summed E-state index contributed by atoms with van der Waals surface area (Å²) in [4.78, 5) is 182. The molecule has 748 valence electrons. The summed E-state index contributed by atoms with van der Waals surface area (Å²) in [6.45, 7) is 11.8. The van der Waals surface area contributed by atoms with E-state index in [-0.39, 0.29) is 185 Å². The molecule has 0 aromatic heterocycles. The standard InChI is InChI=1S/C99H121N9O31/c1-11-33-132-98(122)107-52-67-44-63-21-13-14-22-64(63)51-106(67)93(118)74-47-81(124-9)83(49-79(74)107)131-35-20-12-19-34-130-82-48-77(73(46-80(82)123-8)92(117)108-57-99(30-31-99)50-68(108)53-109)105-97(121)134-54-65-27-28-66(102-90(115)78(104-91(116)85(58(2)3)101-59(4)110)56-133-95-89(138-62(7)113)87(137-61(6)112)86(136-60(5)111)88(139-95)94(119)125-10)45-76(65)103-84(114)29-36-126-38-40-128-42-43-129-41-39-127-37-32-100-96(120)135-55-75-71-25-17-15-23-69(71)70-24-16-18-26-72(70)75/h11,13-18,21-28,45-49,58,67-68,75,78,85-89,95,109H,1,12,19-20,29-44,50-57H2,2-10H3,(H,100,120)(H,101,110)(H,102,115)(H,103,114)(H,104,116)(H,105,121)/t67-,68-,78-,85-,86-,87-,88-,89+,95+/m0/s1. The van der Waals surface area contributed by atoms with Gasteiger partial charge in [-0.3, -0.25) is 53.4 Å². The number of methoxy groups -OCH3 is 3. The summed E-state index contributed by atoms with van der Waals surface area (Å²) in [5.74, 6) is -8.02. The Kier molecular flexibility index (Phi) is 37.7. The number of nitrogens with one attached hydrogen (secondary N) is 6. The van der Waals surface area contributed by atoms with Gasteiger partial charge in [-0.2, -0.15) is 0 Å². The third-order valence-electron chi connectivity index (χ3n) is 24.1. The molecule has 6 aromatic rings. The minimum absolute atomic E-state index is 0.0362. The van der Waals surface area contributed by atoms with Gasteiger partial charge in [0.15, 0.2) is 53.7 Å². The van der Waals surface area contributed by atoms with Gasteiger partial charge in [0.25, 0.3) is 11.8 Å². The Morgan fingerprint density at radius 1 is 0.612 bits per heavy atom. The maximum Gasteiger partial charge on any atom is 0.414 e. The minimum atomic E-state index is -1.96. The SMILES string of the molecule is C=CCOC(=O)N1C[C@@H]2Cc3ccccc3CN2C(=O)c2cc(OC)c(OCCCCCOc3cc(NC(=O)OCc4ccc(NC(=O)[C@H](CO[C@@H]5O[C@H](C(=O)OC)[C@@H](OC(C)=O)[C@H](OC(C)=O)[C@H]5OC(C)=O)NC(=O)[C@@H](NC(C)=O)C(C)C)cc4NC(=O)CCOCCOCCOCCOCCNC(=O)OCC4c5ccccc5-c5ccccc54)c(C(=O)N4CC5(CC5)C[C@H]4CO)cc3OC)cc21. The number of likely N-dealkylation sites (tertiary alicyclic amines) is 1. The minimum Gasteiger partial charge on any atom is -0.493 e. The van der Waals surface area contributed by atoms with Crippen molar-refractivity contribution in [1.29, 1.82) is 0 Å². The fraction of sp³-hybridized carbons (Fsp3) is 0.485. The predicted octanol–water partition coefficient (Wildman–Crippen LogP) is 9.00. The molecule has 0 radical (unpaired) electrons. The number of alkyl carbamates (subject to hydrolysis) is 1. The highest BCUT2D eigenvalue weighted by Crippen LogP contribution is 2.55. The van der Waals surface area contributed by atoms with Crippen LogP contribution in [-0.4, -0.2) is 281 Å². The van der Waals surface area contributed by atoms with Gasteiger partial charge in [0.05, 0.1) is 148 Å². The molecule has 6 aromatic carbocycles. The summed E-state index contributed by atoms with van der Waals surface area (Å²) < 4.78 is 97.5. The van der Waals surface area contributed by atoms with E-state index < -0.39 is 140 Å². The molecule has 1 saturated carbocycles. The van der Waals surface area contributed by atoms with Gasteiger partial charge in [-0.25, -0.2) is 19.2 Å². The number of aliphatic hydroxyl groups is 1. The van der Waals surface area contributed by atoms with E-state index >= 15 is 0 Å². The Hall–Kier alpha value is -13.5. The first-order valence-electron chi connectivity index (χ1n) is 46.1. The number of unbranched alkanes of at least 4 members (excludes halogenated alkanes) is 2. The van der Waals surface area contributed by atoms with E-state index in [2.05, 4.69) is 50.6 Å². The highest BCUT2D eigenvalue weighted by molar-refractivity contribution is 6.07. The average Bonchev–Trinajstić information content (AvgIpc) is 1.69. The van der Waals surface area contributed by atoms with Crippen molar-refractivity contribution in [3.63, 3.8) is 0 Å². The van der Waals surface area contributed by atoms with E-state index in [0.717, 1.165) is 74.1 Å². The molecular formula is C99H121N9O31. The second kappa shape index (κ2) is 50.2. The van der Waals surface area contributed by atoms with Crippen LogP contribution < -0.4 is 55.7 Å². The van der Waals surface area contributed by atoms with E-state index in [1.807, 2.05) is 60.7 Å². The second-order valence-corrected chi connectivity index (χ2v) is 34.4. The summed E-state index contributed by atoms with van der Waals surface area (Å²) in [5, 5.41) is 26.7. The van der Waals surface area contributed by atoms with Gasteiger partial charge < -0.3 is 122 Å². The number of nitrogens with zero attached hydrogens (tertiary/aromatic N) is 3. The third-order valence-corrected chi connectivity index (χ3v) is 24.1. The number of aliphatic hydroxyl groups excluding tert-OH is 1. The number of ether oxygens (including phenoxy) is 17. The van der Waals surface area contributed by atoms with Crippen LogP contribution in [0, 0.1) is 11.3 Å². The zero-order chi connectivity index (χ0) is 99.4. The van der Waals surface area contributed by atoms with Crippen molar-refractivity contribution in [2.45, 2.75) is 167 Å². The molecule has 6 aliphatic rings. The number of hydrogen-bond donors (Lipinski definition) is 7. The van der Waals surface area contributed by atoms with Crippen LogP contribution in [0.3, 0.4) is 0 Å². The molecule has 2 aliphatic carbocycles. The molecule has 40 heteroatoms. The van der Waals surface area contributed by atoms with Crippen LogP contribution in [0.5, 0.6) is 23.0 Å². The fourth-order valence-corrected chi connectivity index (χ4v) is 17.2. The molecule has 1 spiro atoms. The average molecular weight is 1930 g/mol. The van der Waals surface area contributed by atoms with Gasteiger partial charge in [0.1, 0.15) is 31.9 Å². The molecule has 4 heterocycles. The number of rotatable bonds is 48. The quantitative estimate of drug-likeness (QED) is 0.00810. The molecule has 40 nitrogen and oxygen atoms in total. The highest BCUT2D eigenvalue weighted by Gasteiger charge is 2.57. The lowest BCUT2D eigenvalue weighted by atomic mass is 9.93. The molecule has 3 fully saturated rings. The maximum atomic E-state index is 15.0. The zero-order valence-electron chi connectivity index (χ0n) is 79.2. The molecule has 139 heavy (non-hydrogen) atoms. The van der Waals surface area contributed by atoms with Gasteiger partial charge in [0.2, 0.25) is 23.6 Å². The number of carbonyl (C=O) groups excluding carboxylic acids is 13. The van der Waals surface area contributed by atoms with Crippen molar-refractivity contribution in [2.24, 2.45) is 11.3 Å². The molecule has 0 unspecified atom stereocenters. The molecule has 7 N–H and O–H groups in total. The first-order valence-corrected chi connectivity index (χ1v) is 46.1. The van der Waals surface area contributed by atoms with Crippen molar-refractivity contribution in [3.05, 3.63) is 167 Å². The molecule has 9 amide bonds. The fourth-order valence-electron chi connectivity index (χ4n) is 17.2.